The number of nitrogens with zero attached hydrogens (tertiary/aromatic N) is 3. The molecule has 0 saturated carbocycles. The molecule has 0 spiro atoms. The van der Waals surface area contributed by atoms with Gasteiger partial charge in [0.05, 0.1) is 6.26 Å². The Morgan fingerprint density at radius 1 is 1.19 bits per heavy atom. The van der Waals surface area contributed by atoms with Crippen molar-refractivity contribution in [3.63, 3.8) is 0 Å². The van der Waals surface area contributed by atoms with Gasteiger partial charge in [-0.15, -0.1) is 0 Å². The van der Waals surface area contributed by atoms with Crippen LogP contribution in [0.2, 0.25) is 0 Å². The van der Waals surface area contributed by atoms with Gasteiger partial charge >= 0.3 is 0 Å². The highest BCUT2D eigenvalue weighted by molar-refractivity contribution is 6.01. The van der Waals surface area contributed by atoms with Gasteiger partial charge in [0, 0.05) is 42.7 Å². The summed E-state index contributed by atoms with van der Waals surface area (Å²) in [7, 11) is 0. The molecular weight excluding hydrogens is 328 g/mol. The third kappa shape index (κ3) is 3.59. The van der Waals surface area contributed by atoms with Crippen molar-refractivity contribution in [2.75, 3.05) is 18.0 Å². The predicted molar refractivity (Wildman–Crippen MR) is 99.6 cm³/mol. The number of hydrogen-bond donors (Lipinski definition) is 1. The third-order valence-corrected chi connectivity index (χ3v) is 4.53. The number of aromatic nitrogens is 2. The lowest BCUT2D eigenvalue weighted by molar-refractivity contribution is -0.117. The van der Waals surface area contributed by atoms with Crippen molar-refractivity contribution in [3.8, 4) is 5.75 Å². The Labute approximate surface area is 152 Å². The maximum Gasteiger partial charge on any atom is 0.251 e. The molecule has 26 heavy (non-hydrogen) atoms. The highest BCUT2D eigenvalue weighted by Gasteiger charge is 2.24. The lowest BCUT2D eigenvalue weighted by Gasteiger charge is -2.33. The maximum absolute atomic E-state index is 12.7. The highest BCUT2D eigenvalue weighted by atomic mass is 16.5. The topological polar surface area (TPSA) is 67.4 Å². The number of carbonyl (C=O) groups excluding carboxylic acids is 1. The number of hydrogen-bond acceptors (Lipinski definition) is 5. The Hall–Kier alpha value is -3.15. The summed E-state index contributed by atoms with van der Waals surface area (Å²) >= 11 is 0. The van der Waals surface area contributed by atoms with E-state index >= 15 is 0 Å². The number of nitrogens with one attached hydrogen (secondary N) is 1. The van der Waals surface area contributed by atoms with Crippen molar-refractivity contribution in [1.29, 1.82) is 0 Å². The second kappa shape index (κ2) is 7.39. The van der Waals surface area contributed by atoms with Crippen molar-refractivity contribution < 1.29 is 9.53 Å². The first-order valence-electron chi connectivity index (χ1n) is 8.76. The minimum absolute atomic E-state index is 0.0637. The molecule has 0 bridgehead atoms. The molecule has 1 aromatic carbocycles. The van der Waals surface area contributed by atoms with Gasteiger partial charge in [0.15, 0.2) is 0 Å². The standard InChI is InChI=1S/C20H20N4O2/c25-19(16-8-12-26-18-7-2-1-5-15(18)13-16)23-17-6-3-11-24(14-17)20-21-9-4-10-22-20/h1-2,4-5,7-10,12-13,17H,3,6,11,14H2,(H,23,25). The van der Waals surface area contributed by atoms with Crippen LogP contribution in [0.4, 0.5) is 5.95 Å². The van der Waals surface area contributed by atoms with Crippen molar-refractivity contribution in [1.82, 2.24) is 15.3 Å². The first-order valence-corrected chi connectivity index (χ1v) is 8.76. The van der Waals surface area contributed by atoms with E-state index in [-0.39, 0.29) is 11.9 Å². The predicted octanol–water partition coefficient (Wildman–Crippen LogP) is 2.55. The molecule has 3 heterocycles. The summed E-state index contributed by atoms with van der Waals surface area (Å²) in [6, 6.07) is 9.53. The molecule has 2 aromatic rings. The highest BCUT2D eigenvalue weighted by Crippen LogP contribution is 2.24. The molecule has 6 heteroatoms. The molecule has 1 unspecified atom stereocenters. The average molecular weight is 348 g/mol. The van der Waals surface area contributed by atoms with E-state index < -0.39 is 0 Å². The smallest absolute Gasteiger partial charge is 0.251 e. The minimum atomic E-state index is -0.0950. The van der Waals surface area contributed by atoms with Crippen LogP contribution in [0.3, 0.4) is 0 Å². The molecule has 0 aliphatic carbocycles. The minimum Gasteiger partial charge on any atom is -0.464 e. The van der Waals surface area contributed by atoms with Gasteiger partial charge in [0.1, 0.15) is 5.75 Å². The zero-order valence-corrected chi connectivity index (χ0v) is 14.3. The summed E-state index contributed by atoms with van der Waals surface area (Å²) in [5.41, 5.74) is 1.48. The summed E-state index contributed by atoms with van der Waals surface area (Å²) in [5, 5.41) is 3.14. The summed E-state index contributed by atoms with van der Waals surface area (Å²) in [6.07, 6.45) is 10.5. The normalized spacial score (nSPS) is 19.0. The Morgan fingerprint density at radius 3 is 2.92 bits per heavy atom. The molecule has 1 fully saturated rings. The van der Waals surface area contributed by atoms with Gasteiger partial charge in [0.25, 0.3) is 5.91 Å². The molecule has 0 radical (unpaired) electrons. The van der Waals surface area contributed by atoms with Crippen molar-refractivity contribution in [2.24, 2.45) is 0 Å². The number of benzene rings is 1. The summed E-state index contributed by atoms with van der Waals surface area (Å²) in [6.45, 7) is 1.61. The van der Waals surface area contributed by atoms with Crippen molar-refractivity contribution in [3.05, 3.63) is 66.2 Å². The van der Waals surface area contributed by atoms with Crippen LogP contribution in [-0.4, -0.2) is 35.0 Å². The number of para-hydroxylation sites is 1. The van der Waals surface area contributed by atoms with Crippen LogP contribution in [0.25, 0.3) is 6.08 Å². The maximum atomic E-state index is 12.7. The first kappa shape index (κ1) is 16.3. The summed E-state index contributed by atoms with van der Waals surface area (Å²) in [4.78, 5) is 23.5. The quantitative estimate of drug-likeness (QED) is 0.923. The number of ether oxygens (including phenoxy) is 1. The number of carbonyl (C=O) groups is 1. The van der Waals surface area contributed by atoms with E-state index in [1.165, 1.54) is 0 Å². The van der Waals surface area contributed by atoms with Crippen molar-refractivity contribution >= 4 is 17.9 Å². The van der Waals surface area contributed by atoms with E-state index in [0.29, 0.717) is 18.1 Å². The van der Waals surface area contributed by atoms with E-state index in [1.807, 2.05) is 30.3 Å². The molecule has 132 valence electrons. The molecule has 1 atom stereocenters. The number of amides is 1. The van der Waals surface area contributed by atoms with Gasteiger partial charge in [0.2, 0.25) is 5.95 Å². The van der Waals surface area contributed by atoms with E-state index in [1.54, 1.807) is 30.8 Å². The fourth-order valence-corrected chi connectivity index (χ4v) is 3.24. The SMILES string of the molecule is O=C(NC1CCCN(c2ncccn2)C1)C1=Cc2ccccc2OC=C1. The Kier molecular flexibility index (Phi) is 4.64. The monoisotopic (exact) mass is 348 g/mol. The zero-order valence-electron chi connectivity index (χ0n) is 14.3. The van der Waals surface area contributed by atoms with E-state index in [9.17, 15) is 4.79 Å². The molecule has 1 amide bonds. The summed E-state index contributed by atoms with van der Waals surface area (Å²) in [5.74, 6) is 1.36. The second-order valence-electron chi connectivity index (χ2n) is 6.37. The van der Waals surface area contributed by atoms with E-state index in [2.05, 4.69) is 20.2 Å². The van der Waals surface area contributed by atoms with Gasteiger partial charge in [-0.05, 0) is 37.1 Å². The van der Waals surface area contributed by atoms with Crippen LogP contribution in [0, 0.1) is 0 Å². The van der Waals surface area contributed by atoms with Crippen molar-refractivity contribution in [2.45, 2.75) is 18.9 Å². The molecule has 6 nitrogen and oxygen atoms in total. The van der Waals surface area contributed by atoms with Crippen LogP contribution in [0.5, 0.6) is 5.75 Å². The molecule has 1 N–H and O–H groups in total. The molecule has 4 rings (SSSR count). The average Bonchev–Trinajstić information content (AvgIpc) is 2.91. The molecule has 2 aliphatic rings. The second-order valence-corrected chi connectivity index (χ2v) is 6.37. The van der Waals surface area contributed by atoms with Crippen LogP contribution >= 0.6 is 0 Å². The molecular formula is C20H20N4O2. The van der Waals surface area contributed by atoms with Gasteiger partial charge in [-0.2, -0.15) is 0 Å². The summed E-state index contributed by atoms with van der Waals surface area (Å²) < 4.78 is 5.56. The molecule has 1 aromatic heterocycles. The largest absolute Gasteiger partial charge is 0.464 e. The van der Waals surface area contributed by atoms with E-state index in [4.69, 9.17) is 4.74 Å². The fraction of sp³-hybridized carbons (Fsp3) is 0.250. The third-order valence-electron chi connectivity index (χ3n) is 4.53. The first-order chi connectivity index (χ1) is 12.8. The Balaban J connectivity index is 1.45. The molecule has 1 saturated heterocycles. The lowest BCUT2D eigenvalue weighted by Crippen LogP contribution is -2.48. The number of piperidine rings is 1. The number of fused-ring (bicyclic) bond motifs is 1. The van der Waals surface area contributed by atoms with Gasteiger partial charge in [-0.1, -0.05) is 18.2 Å². The van der Waals surface area contributed by atoms with Gasteiger partial charge < -0.3 is 15.0 Å². The van der Waals surface area contributed by atoms with E-state index in [0.717, 1.165) is 30.7 Å². The fourth-order valence-electron chi connectivity index (χ4n) is 3.24. The number of rotatable bonds is 3. The van der Waals surface area contributed by atoms with Crippen LogP contribution in [0.1, 0.15) is 18.4 Å². The number of anilines is 1. The van der Waals surface area contributed by atoms with Crippen LogP contribution in [-0.2, 0) is 4.79 Å². The Bertz CT molecular complexity index is 848. The Morgan fingerprint density at radius 2 is 2.04 bits per heavy atom. The van der Waals surface area contributed by atoms with Gasteiger partial charge in [-0.25, -0.2) is 9.97 Å². The van der Waals surface area contributed by atoms with Crippen LogP contribution < -0.4 is 15.0 Å². The lowest BCUT2D eigenvalue weighted by atomic mass is 10.0. The van der Waals surface area contributed by atoms with Crippen LogP contribution in [0.15, 0.2) is 60.6 Å². The van der Waals surface area contributed by atoms with Gasteiger partial charge in [-0.3, -0.25) is 4.79 Å². The molecule has 2 aliphatic heterocycles. The zero-order chi connectivity index (χ0) is 17.8.